The highest BCUT2D eigenvalue weighted by Crippen LogP contribution is 2.22. The molecule has 0 aliphatic carbocycles. The topological polar surface area (TPSA) is 66.4 Å². The van der Waals surface area contributed by atoms with Gasteiger partial charge in [-0.2, -0.15) is 0 Å². The van der Waals surface area contributed by atoms with E-state index < -0.39 is 29.0 Å². The van der Waals surface area contributed by atoms with E-state index in [4.69, 9.17) is 5.11 Å². The fourth-order valence-corrected chi connectivity index (χ4v) is 2.29. The molecule has 0 fully saturated rings. The summed E-state index contributed by atoms with van der Waals surface area (Å²) >= 11 is 0.922. The Morgan fingerprint density at radius 3 is 2.55 bits per heavy atom. The number of carbonyl (C=O) groups is 2. The Morgan fingerprint density at radius 2 is 2.00 bits per heavy atom. The second-order valence-corrected chi connectivity index (χ2v) is 5.88. The van der Waals surface area contributed by atoms with Crippen LogP contribution in [0.5, 0.6) is 0 Å². The Morgan fingerprint density at radius 1 is 1.35 bits per heavy atom. The van der Waals surface area contributed by atoms with Crippen molar-refractivity contribution in [3.05, 3.63) is 29.8 Å². The highest BCUT2D eigenvalue weighted by atomic mass is 32.2. The maximum absolute atomic E-state index is 13.3. The van der Waals surface area contributed by atoms with Crippen molar-refractivity contribution in [2.45, 2.75) is 30.7 Å². The summed E-state index contributed by atoms with van der Waals surface area (Å²) < 4.78 is 26.0. The fraction of sp³-hybridized carbons (Fsp3) is 0.385. The molecule has 1 amide bonds. The molecule has 0 saturated heterocycles. The maximum Gasteiger partial charge on any atom is 0.305 e. The van der Waals surface area contributed by atoms with E-state index in [-0.39, 0.29) is 17.1 Å². The number of halogens is 2. The van der Waals surface area contributed by atoms with Gasteiger partial charge in [0, 0.05) is 16.5 Å². The zero-order chi connectivity index (χ0) is 15.3. The van der Waals surface area contributed by atoms with E-state index in [1.807, 2.05) is 0 Å². The smallest absolute Gasteiger partial charge is 0.305 e. The Hall–Kier alpha value is -1.63. The van der Waals surface area contributed by atoms with Gasteiger partial charge in [-0.25, -0.2) is 8.78 Å². The third-order valence-corrected chi connectivity index (χ3v) is 3.37. The molecule has 0 aromatic heterocycles. The number of carbonyl (C=O) groups excluding carboxylic acids is 1. The number of carboxylic acids is 1. The van der Waals surface area contributed by atoms with Gasteiger partial charge in [-0.05, 0) is 26.0 Å². The third-order valence-electron chi connectivity index (χ3n) is 2.32. The molecular weight excluding hydrogens is 288 g/mol. The minimum atomic E-state index is -1.02. The number of hydrogen-bond donors (Lipinski definition) is 2. The van der Waals surface area contributed by atoms with Crippen LogP contribution in [-0.2, 0) is 9.59 Å². The van der Waals surface area contributed by atoms with Crippen LogP contribution in [0.25, 0.3) is 0 Å². The number of amides is 1. The van der Waals surface area contributed by atoms with Gasteiger partial charge in [-0.15, -0.1) is 11.8 Å². The lowest BCUT2D eigenvalue weighted by Crippen LogP contribution is -2.45. The molecule has 0 heterocycles. The highest BCUT2D eigenvalue weighted by Gasteiger charge is 2.23. The van der Waals surface area contributed by atoms with Gasteiger partial charge in [-0.1, -0.05) is 0 Å². The molecule has 2 N–H and O–H groups in total. The molecule has 110 valence electrons. The fourth-order valence-electron chi connectivity index (χ4n) is 1.57. The minimum Gasteiger partial charge on any atom is -0.481 e. The van der Waals surface area contributed by atoms with Crippen LogP contribution in [0, 0.1) is 11.6 Å². The third kappa shape index (κ3) is 5.56. The van der Waals surface area contributed by atoms with Crippen LogP contribution in [0.15, 0.2) is 23.1 Å². The molecule has 1 rings (SSSR count). The first kappa shape index (κ1) is 16.4. The van der Waals surface area contributed by atoms with Crippen LogP contribution >= 0.6 is 11.8 Å². The Balaban J connectivity index is 2.53. The molecule has 7 heteroatoms. The molecule has 0 spiro atoms. The first-order chi connectivity index (χ1) is 9.19. The van der Waals surface area contributed by atoms with E-state index in [0.29, 0.717) is 0 Å². The van der Waals surface area contributed by atoms with E-state index in [1.165, 1.54) is 6.07 Å². The lowest BCUT2D eigenvalue weighted by Gasteiger charge is -2.24. The summed E-state index contributed by atoms with van der Waals surface area (Å²) in [5.74, 6) is -2.92. The Kier molecular flexibility index (Phi) is 5.50. The summed E-state index contributed by atoms with van der Waals surface area (Å²) in [5, 5.41) is 11.2. The van der Waals surface area contributed by atoms with Crippen LogP contribution in [0.2, 0.25) is 0 Å². The van der Waals surface area contributed by atoms with Crippen molar-refractivity contribution >= 4 is 23.6 Å². The van der Waals surface area contributed by atoms with Crippen molar-refractivity contribution in [2.24, 2.45) is 0 Å². The molecule has 0 aliphatic heterocycles. The van der Waals surface area contributed by atoms with Gasteiger partial charge in [0.25, 0.3) is 0 Å². The Labute approximate surface area is 119 Å². The van der Waals surface area contributed by atoms with E-state index in [2.05, 4.69) is 5.32 Å². The molecule has 20 heavy (non-hydrogen) atoms. The van der Waals surface area contributed by atoms with Crippen molar-refractivity contribution < 1.29 is 23.5 Å². The zero-order valence-electron chi connectivity index (χ0n) is 11.1. The molecular formula is C13H15F2NO3S. The Bertz CT molecular complexity index is 520. The van der Waals surface area contributed by atoms with Gasteiger partial charge in [0.2, 0.25) is 5.91 Å². The molecule has 0 unspecified atom stereocenters. The largest absolute Gasteiger partial charge is 0.481 e. The van der Waals surface area contributed by atoms with Crippen molar-refractivity contribution in [1.29, 1.82) is 0 Å². The number of hydrogen-bond acceptors (Lipinski definition) is 3. The predicted molar refractivity (Wildman–Crippen MR) is 71.6 cm³/mol. The highest BCUT2D eigenvalue weighted by molar-refractivity contribution is 8.00. The van der Waals surface area contributed by atoms with Gasteiger partial charge in [0.1, 0.15) is 11.6 Å². The number of nitrogens with one attached hydrogen (secondary N) is 1. The van der Waals surface area contributed by atoms with Gasteiger partial charge >= 0.3 is 5.97 Å². The number of aliphatic carboxylic acids is 1. The SMILES string of the molecule is CC(C)(CC(=O)O)NC(=O)CSc1ccc(F)cc1F. The molecule has 0 radical (unpaired) electrons. The van der Waals surface area contributed by atoms with Crippen LogP contribution < -0.4 is 5.32 Å². The lowest BCUT2D eigenvalue weighted by molar-refractivity contribution is -0.138. The van der Waals surface area contributed by atoms with Gasteiger partial charge < -0.3 is 10.4 Å². The first-order valence-corrected chi connectivity index (χ1v) is 6.79. The monoisotopic (exact) mass is 303 g/mol. The van der Waals surface area contributed by atoms with Gasteiger partial charge in [-0.3, -0.25) is 9.59 Å². The van der Waals surface area contributed by atoms with Crippen molar-refractivity contribution in [3.63, 3.8) is 0 Å². The summed E-state index contributed by atoms with van der Waals surface area (Å²) in [5.41, 5.74) is -0.884. The molecule has 0 atom stereocenters. The number of carboxylic acid groups (broad SMARTS) is 1. The molecule has 0 saturated carbocycles. The van der Waals surface area contributed by atoms with Crippen LogP contribution in [0.3, 0.4) is 0 Å². The van der Waals surface area contributed by atoms with E-state index in [9.17, 15) is 18.4 Å². The molecule has 0 aliphatic rings. The normalized spacial score (nSPS) is 11.2. The maximum atomic E-state index is 13.3. The second kappa shape index (κ2) is 6.69. The van der Waals surface area contributed by atoms with Gasteiger partial charge in [0.15, 0.2) is 0 Å². The zero-order valence-corrected chi connectivity index (χ0v) is 11.9. The summed E-state index contributed by atoms with van der Waals surface area (Å²) in [6.45, 7) is 3.17. The predicted octanol–water partition coefficient (Wildman–Crippen LogP) is 2.43. The van der Waals surface area contributed by atoms with Gasteiger partial charge in [0.05, 0.1) is 12.2 Å². The molecule has 1 aromatic rings. The summed E-state index contributed by atoms with van der Waals surface area (Å²) in [6, 6.07) is 3.11. The average Bonchev–Trinajstić information content (AvgIpc) is 2.24. The van der Waals surface area contributed by atoms with Crippen molar-refractivity contribution in [3.8, 4) is 0 Å². The van der Waals surface area contributed by atoms with E-state index in [1.54, 1.807) is 13.8 Å². The first-order valence-electron chi connectivity index (χ1n) is 5.80. The molecule has 0 bridgehead atoms. The summed E-state index contributed by atoms with van der Waals surface area (Å²) in [4.78, 5) is 22.4. The standard InChI is InChI=1S/C13H15F2NO3S/c1-13(2,6-12(18)19)16-11(17)7-20-10-4-3-8(14)5-9(10)15/h3-5H,6-7H2,1-2H3,(H,16,17)(H,18,19). The van der Waals surface area contributed by atoms with E-state index >= 15 is 0 Å². The molecule has 1 aromatic carbocycles. The average molecular weight is 303 g/mol. The van der Waals surface area contributed by atoms with Crippen molar-refractivity contribution in [1.82, 2.24) is 5.32 Å². The van der Waals surface area contributed by atoms with Crippen LogP contribution in [0.4, 0.5) is 8.78 Å². The number of thioether (sulfide) groups is 1. The van der Waals surface area contributed by atoms with Crippen LogP contribution in [0.1, 0.15) is 20.3 Å². The number of benzene rings is 1. The number of rotatable bonds is 6. The van der Waals surface area contributed by atoms with Crippen molar-refractivity contribution in [2.75, 3.05) is 5.75 Å². The van der Waals surface area contributed by atoms with Crippen LogP contribution in [-0.4, -0.2) is 28.3 Å². The summed E-state index contributed by atoms with van der Waals surface area (Å²) in [6.07, 6.45) is -0.214. The summed E-state index contributed by atoms with van der Waals surface area (Å²) in [7, 11) is 0. The second-order valence-electron chi connectivity index (χ2n) is 4.87. The molecule has 4 nitrogen and oxygen atoms in total. The lowest BCUT2D eigenvalue weighted by atomic mass is 10.0. The quantitative estimate of drug-likeness (QED) is 0.792. The van der Waals surface area contributed by atoms with E-state index in [0.717, 1.165) is 23.9 Å². The minimum absolute atomic E-state index is 0.0778.